The van der Waals surface area contributed by atoms with E-state index in [1.165, 1.54) is 22.7 Å². The van der Waals surface area contributed by atoms with Crippen molar-refractivity contribution < 1.29 is 9.59 Å². The zero-order valence-corrected chi connectivity index (χ0v) is 11.4. The molecule has 2 saturated heterocycles. The molecule has 0 aliphatic carbocycles. The summed E-state index contributed by atoms with van der Waals surface area (Å²) in [5.41, 5.74) is 0.467. The summed E-state index contributed by atoms with van der Waals surface area (Å²) in [5.74, 6) is 0.595. The molecule has 4 nitrogen and oxygen atoms in total. The highest BCUT2D eigenvalue weighted by atomic mass is 35.5. The van der Waals surface area contributed by atoms with E-state index in [9.17, 15) is 9.59 Å². The second kappa shape index (κ2) is 4.33. The fourth-order valence-corrected chi connectivity index (χ4v) is 3.51. The van der Waals surface area contributed by atoms with Crippen LogP contribution in [0.15, 0.2) is 18.2 Å². The van der Waals surface area contributed by atoms with Gasteiger partial charge in [-0.25, -0.2) is 9.69 Å². The molecule has 2 aliphatic rings. The molecule has 1 aromatic rings. The Morgan fingerprint density at radius 1 is 1.22 bits per heavy atom. The number of carbonyl (C=O) groups excluding carboxylic acids is 2. The van der Waals surface area contributed by atoms with Gasteiger partial charge in [-0.1, -0.05) is 23.2 Å². The molecule has 94 valence electrons. The highest BCUT2D eigenvalue weighted by Gasteiger charge is 2.48. The van der Waals surface area contributed by atoms with E-state index in [4.69, 9.17) is 23.2 Å². The lowest BCUT2D eigenvalue weighted by atomic mass is 10.3. The quantitative estimate of drug-likeness (QED) is 0.749. The van der Waals surface area contributed by atoms with Crippen LogP contribution in [-0.4, -0.2) is 34.5 Å². The molecular weight excluding hydrogens is 295 g/mol. The number of anilines is 1. The smallest absolute Gasteiger partial charge is 0.302 e. The van der Waals surface area contributed by atoms with Gasteiger partial charge in [0.05, 0.1) is 15.7 Å². The van der Waals surface area contributed by atoms with Gasteiger partial charge < -0.3 is 4.90 Å². The third-order valence-corrected chi connectivity index (χ3v) is 4.85. The Kier molecular flexibility index (Phi) is 2.92. The van der Waals surface area contributed by atoms with E-state index in [1.54, 1.807) is 17.0 Å². The molecule has 3 amide bonds. The van der Waals surface area contributed by atoms with E-state index in [-0.39, 0.29) is 17.3 Å². The van der Waals surface area contributed by atoms with Gasteiger partial charge in [0.2, 0.25) is 0 Å². The standard InChI is InChI=1S/C11H8Cl2N2O2S/c12-7-2-1-6(5-8(7)13)15-9(16)10-14(11(15)17)3-4-18-10/h1-2,5,10H,3-4H2. The predicted octanol–water partition coefficient (Wildman–Crippen LogP) is 2.83. The molecule has 18 heavy (non-hydrogen) atoms. The van der Waals surface area contributed by atoms with E-state index >= 15 is 0 Å². The normalized spacial score (nSPS) is 22.9. The third kappa shape index (κ3) is 1.69. The van der Waals surface area contributed by atoms with Crippen LogP contribution in [0, 0.1) is 0 Å². The van der Waals surface area contributed by atoms with Crippen LogP contribution in [0.4, 0.5) is 10.5 Å². The van der Waals surface area contributed by atoms with Crippen molar-refractivity contribution in [3.8, 4) is 0 Å². The summed E-state index contributed by atoms with van der Waals surface area (Å²) in [5, 5.41) is 0.343. The van der Waals surface area contributed by atoms with Crippen molar-refractivity contribution in [2.75, 3.05) is 17.2 Å². The Bertz CT molecular complexity index is 530. The van der Waals surface area contributed by atoms with Crippen molar-refractivity contribution in [3.05, 3.63) is 28.2 Å². The first-order valence-corrected chi connectivity index (χ1v) is 7.11. The zero-order valence-electron chi connectivity index (χ0n) is 9.10. The molecule has 0 N–H and O–H groups in total. The third-order valence-electron chi connectivity index (χ3n) is 2.92. The van der Waals surface area contributed by atoms with Gasteiger partial charge in [0.15, 0.2) is 5.37 Å². The summed E-state index contributed by atoms with van der Waals surface area (Å²) < 4.78 is 0. The number of fused-ring (bicyclic) bond motifs is 1. The molecule has 2 heterocycles. The van der Waals surface area contributed by atoms with E-state index in [2.05, 4.69) is 0 Å². The van der Waals surface area contributed by atoms with Crippen molar-refractivity contribution in [1.29, 1.82) is 0 Å². The summed E-state index contributed by atoms with van der Waals surface area (Å²) in [4.78, 5) is 27.0. The maximum atomic E-state index is 12.2. The zero-order chi connectivity index (χ0) is 12.9. The van der Waals surface area contributed by atoms with Crippen LogP contribution in [0.2, 0.25) is 10.0 Å². The SMILES string of the molecule is O=C1C2SCCN2C(=O)N1c1ccc(Cl)c(Cl)c1. The topological polar surface area (TPSA) is 40.6 Å². The Hall–Kier alpha value is -0.910. The van der Waals surface area contributed by atoms with Gasteiger partial charge in [0.1, 0.15) is 0 Å². The molecule has 1 atom stereocenters. The Morgan fingerprint density at radius 3 is 2.67 bits per heavy atom. The number of halogens is 2. The molecule has 3 rings (SSSR count). The molecule has 0 bridgehead atoms. The fraction of sp³-hybridized carbons (Fsp3) is 0.273. The number of amides is 3. The Labute approximate surface area is 118 Å². The lowest BCUT2D eigenvalue weighted by Crippen LogP contribution is -2.33. The average Bonchev–Trinajstić information content (AvgIpc) is 2.89. The van der Waals surface area contributed by atoms with Crippen LogP contribution in [-0.2, 0) is 4.79 Å². The number of hydrogen-bond donors (Lipinski definition) is 0. The molecule has 0 saturated carbocycles. The van der Waals surface area contributed by atoms with Crippen LogP contribution >= 0.6 is 35.0 Å². The lowest BCUT2D eigenvalue weighted by molar-refractivity contribution is -0.117. The summed E-state index contributed by atoms with van der Waals surface area (Å²) in [6, 6.07) is 4.45. The van der Waals surface area contributed by atoms with E-state index in [0.29, 0.717) is 22.3 Å². The molecular formula is C11H8Cl2N2O2S. The number of imide groups is 1. The van der Waals surface area contributed by atoms with E-state index in [0.717, 1.165) is 5.75 Å². The number of hydrogen-bond acceptors (Lipinski definition) is 3. The minimum atomic E-state index is -0.382. The predicted molar refractivity (Wildman–Crippen MR) is 72.3 cm³/mol. The van der Waals surface area contributed by atoms with Crippen LogP contribution in [0.1, 0.15) is 0 Å². The number of urea groups is 1. The summed E-state index contributed by atoms with van der Waals surface area (Å²) in [6.45, 7) is 0.609. The lowest BCUT2D eigenvalue weighted by Gasteiger charge is -2.15. The second-order valence-corrected chi connectivity index (χ2v) is 5.97. The largest absolute Gasteiger partial charge is 0.332 e. The van der Waals surface area contributed by atoms with E-state index in [1.807, 2.05) is 0 Å². The number of rotatable bonds is 1. The Balaban J connectivity index is 1.99. The average molecular weight is 303 g/mol. The van der Waals surface area contributed by atoms with E-state index < -0.39 is 0 Å². The molecule has 7 heteroatoms. The highest BCUT2D eigenvalue weighted by Crippen LogP contribution is 2.36. The summed E-state index contributed by atoms with van der Waals surface area (Å²) in [6.07, 6.45) is 0. The first-order valence-electron chi connectivity index (χ1n) is 5.31. The van der Waals surface area contributed by atoms with Crippen molar-refractivity contribution >= 4 is 52.6 Å². The van der Waals surface area contributed by atoms with Gasteiger partial charge >= 0.3 is 6.03 Å². The first kappa shape index (κ1) is 12.1. The fourth-order valence-electron chi connectivity index (χ4n) is 2.07. The molecule has 0 radical (unpaired) electrons. The van der Waals surface area contributed by atoms with Crippen molar-refractivity contribution in [2.24, 2.45) is 0 Å². The van der Waals surface area contributed by atoms with Gasteiger partial charge in [-0.3, -0.25) is 4.79 Å². The number of benzene rings is 1. The number of nitrogens with zero attached hydrogens (tertiary/aromatic N) is 2. The maximum Gasteiger partial charge on any atom is 0.332 e. The van der Waals surface area contributed by atoms with Gasteiger partial charge in [0.25, 0.3) is 5.91 Å². The van der Waals surface area contributed by atoms with Crippen LogP contribution in [0.25, 0.3) is 0 Å². The molecule has 0 aromatic heterocycles. The molecule has 0 spiro atoms. The van der Waals surface area contributed by atoms with Crippen LogP contribution in [0.5, 0.6) is 0 Å². The van der Waals surface area contributed by atoms with Crippen molar-refractivity contribution in [1.82, 2.24) is 4.90 Å². The highest BCUT2D eigenvalue weighted by molar-refractivity contribution is 8.00. The van der Waals surface area contributed by atoms with Crippen LogP contribution < -0.4 is 4.90 Å². The monoisotopic (exact) mass is 302 g/mol. The number of thioether (sulfide) groups is 1. The Morgan fingerprint density at radius 2 is 2.00 bits per heavy atom. The minimum absolute atomic E-state index is 0.208. The summed E-state index contributed by atoms with van der Waals surface area (Å²) >= 11 is 13.2. The van der Waals surface area contributed by atoms with Gasteiger partial charge in [-0.15, -0.1) is 11.8 Å². The van der Waals surface area contributed by atoms with Gasteiger partial charge in [-0.2, -0.15) is 0 Å². The van der Waals surface area contributed by atoms with Crippen molar-refractivity contribution in [2.45, 2.75) is 5.37 Å². The maximum absolute atomic E-state index is 12.2. The summed E-state index contributed by atoms with van der Waals surface area (Å²) in [7, 11) is 0. The molecule has 2 fully saturated rings. The van der Waals surface area contributed by atoms with Gasteiger partial charge in [-0.05, 0) is 18.2 Å². The first-order chi connectivity index (χ1) is 8.59. The van der Waals surface area contributed by atoms with Crippen molar-refractivity contribution in [3.63, 3.8) is 0 Å². The molecule has 1 aromatic carbocycles. The van der Waals surface area contributed by atoms with Gasteiger partial charge in [0, 0.05) is 12.3 Å². The molecule has 1 unspecified atom stereocenters. The minimum Gasteiger partial charge on any atom is -0.302 e. The molecule has 2 aliphatic heterocycles. The second-order valence-electron chi connectivity index (χ2n) is 3.97. The van der Waals surface area contributed by atoms with Crippen LogP contribution in [0.3, 0.4) is 0 Å². The number of carbonyl (C=O) groups is 2.